The summed E-state index contributed by atoms with van der Waals surface area (Å²) in [6.07, 6.45) is 2.05. The number of carbonyl (C=O) groups excluding carboxylic acids is 1. The van der Waals surface area contributed by atoms with Crippen LogP contribution in [-0.2, 0) is 4.79 Å². The molecule has 0 saturated carbocycles. The van der Waals surface area contributed by atoms with Crippen molar-refractivity contribution in [2.24, 2.45) is 5.73 Å². The van der Waals surface area contributed by atoms with E-state index in [-0.39, 0.29) is 5.91 Å². The lowest BCUT2D eigenvalue weighted by atomic mass is 10.0. The van der Waals surface area contributed by atoms with Crippen molar-refractivity contribution < 1.29 is 28.3 Å². The molecule has 1 unspecified atom stereocenters. The van der Waals surface area contributed by atoms with Crippen molar-refractivity contribution in [3.63, 3.8) is 0 Å². The number of nitrogens with two attached hydrogens (primary N) is 1. The number of thioether (sulfide) groups is 1. The van der Waals surface area contributed by atoms with Gasteiger partial charge < -0.3 is 34.5 Å². The molecule has 0 aliphatic heterocycles. The van der Waals surface area contributed by atoms with E-state index in [2.05, 4.69) is 17.1 Å². The molecule has 0 saturated heterocycles. The van der Waals surface area contributed by atoms with Gasteiger partial charge in [0, 0.05) is 11.1 Å². The lowest BCUT2D eigenvalue weighted by Crippen LogP contribution is -2.36. The van der Waals surface area contributed by atoms with Gasteiger partial charge in [0.15, 0.2) is 11.5 Å². The van der Waals surface area contributed by atoms with E-state index in [1.807, 2.05) is 6.07 Å². The summed E-state index contributed by atoms with van der Waals surface area (Å²) in [5, 5.41) is 8.79. The molecule has 0 aliphatic carbocycles. The summed E-state index contributed by atoms with van der Waals surface area (Å²) in [6, 6.07) is 8.31. The van der Waals surface area contributed by atoms with E-state index in [9.17, 15) is 4.79 Å². The third-order valence-electron chi connectivity index (χ3n) is 5.28. The lowest BCUT2D eigenvalue weighted by Gasteiger charge is -2.16. The van der Waals surface area contributed by atoms with Crippen LogP contribution in [0.25, 0.3) is 22.4 Å². The van der Waals surface area contributed by atoms with Crippen LogP contribution in [0.1, 0.15) is 6.42 Å². The highest BCUT2D eigenvalue weighted by atomic mass is 32.2. The van der Waals surface area contributed by atoms with Crippen LogP contribution in [0.5, 0.6) is 23.0 Å². The fourth-order valence-corrected chi connectivity index (χ4v) is 4.03. The fourth-order valence-electron chi connectivity index (χ4n) is 3.48. The minimum Gasteiger partial charge on any atom is -0.495 e. The molecule has 0 fully saturated rings. The molecular formula is C25H29N3O6S. The van der Waals surface area contributed by atoms with Gasteiger partial charge in [-0.3, -0.25) is 4.79 Å². The van der Waals surface area contributed by atoms with E-state index in [1.165, 1.54) is 25.1 Å². The Kier molecular flexibility index (Phi) is 9.04. The molecule has 0 aliphatic rings. The third kappa shape index (κ3) is 5.90. The summed E-state index contributed by atoms with van der Waals surface area (Å²) in [4.78, 5) is 12.7. The number of carbonyl (C=O) groups is 1. The van der Waals surface area contributed by atoms with Crippen LogP contribution in [0.15, 0.2) is 53.1 Å². The SMILES string of the molecule is C=CSCCC(N)C(=O)Nc1cc(-c2conc2-c2cc(OC)c(OC)c(OC)c2)ccc1OC. The monoisotopic (exact) mass is 499 g/mol. The van der Waals surface area contributed by atoms with Gasteiger partial charge in [-0.05, 0) is 47.4 Å². The normalized spacial score (nSPS) is 11.5. The van der Waals surface area contributed by atoms with Gasteiger partial charge in [0.25, 0.3) is 0 Å². The standard InChI is InChI=1S/C25H29N3O6S/c1-6-35-10-9-18(26)25(29)27-19-11-15(7-8-20(19)30-2)17-14-34-28-23(17)16-12-21(31-3)24(33-5)22(13-16)32-4/h6-8,11-14,18H,1,9-10,26H2,2-5H3,(H,27,29). The lowest BCUT2D eigenvalue weighted by molar-refractivity contribution is -0.117. The number of benzene rings is 2. The molecule has 9 nitrogen and oxygen atoms in total. The van der Waals surface area contributed by atoms with Gasteiger partial charge in [0.1, 0.15) is 17.7 Å². The zero-order chi connectivity index (χ0) is 25.4. The Morgan fingerprint density at radius 2 is 1.77 bits per heavy atom. The van der Waals surface area contributed by atoms with Gasteiger partial charge in [-0.1, -0.05) is 17.8 Å². The Morgan fingerprint density at radius 1 is 1.09 bits per heavy atom. The third-order valence-corrected chi connectivity index (χ3v) is 5.98. The zero-order valence-corrected chi connectivity index (χ0v) is 20.9. The number of methoxy groups -OCH3 is 4. The summed E-state index contributed by atoms with van der Waals surface area (Å²) in [6.45, 7) is 3.66. The Hall–Kier alpha value is -3.63. The van der Waals surface area contributed by atoms with Crippen molar-refractivity contribution in [3.05, 3.63) is 48.6 Å². The number of hydrogen-bond donors (Lipinski definition) is 2. The predicted octanol–water partition coefficient (Wildman–Crippen LogP) is 4.58. The van der Waals surface area contributed by atoms with E-state index >= 15 is 0 Å². The van der Waals surface area contributed by atoms with Crippen molar-refractivity contribution in [1.82, 2.24) is 5.16 Å². The smallest absolute Gasteiger partial charge is 0.241 e. The van der Waals surface area contributed by atoms with Crippen LogP contribution < -0.4 is 30.0 Å². The summed E-state index contributed by atoms with van der Waals surface area (Å²) >= 11 is 1.51. The van der Waals surface area contributed by atoms with Crippen molar-refractivity contribution in [3.8, 4) is 45.4 Å². The number of nitrogens with one attached hydrogen (secondary N) is 1. The highest BCUT2D eigenvalue weighted by Gasteiger charge is 2.21. The van der Waals surface area contributed by atoms with E-state index in [1.54, 1.807) is 51.0 Å². The summed E-state index contributed by atoms with van der Waals surface area (Å²) in [5.74, 6) is 2.35. The first-order valence-electron chi connectivity index (χ1n) is 10.7. The molecule has 1 atom stereocenters. The molecule has 0 spiro atoms. The molecule has 1 aromatic heterocycles. The summed E-state index contributed by atoms with van der Waals surface area (Å²) in [5.41, 5.74) is 9.24. The molecule has 3 aromatic rings. The topological polar surface area (TPSA) is 118 Å². The van der Waals surface area contributed by atoms with Gasteiger partial charge in [0.05, 0.1) is 40.2 Å². The first-order chi connectivity index (χ1) is 17.0. The van der Waals surface area contributed by atoms with Crippen LogP contribution in [0, 0.1) is 0 Å². The molecular weight excluding hydrogens is 470 g/mol. The molecule has 1 heterocycles. The van der Waals surface area contributed by atoms with Gasteiger partial charge in [-0.15, -0.1) is 11.8 Å². The van der Waals surface area contributed by atoms with Gasteiger partial charge in [0.2, 0.25) is 11.7 Å². The molecule has 3 N–H and O–H groups in total. The molecule has 1 amide bonds. The second-order valence-electron chi connectivity index (χ2n) is 7.33. The van der Waals surface area contributed by atoms with Crippen molar-refractivity contribution >= 4 is 23.4 Å². The van der Waals surface area contributed by atoms with E-state index in [4.69, 9.17) is 29.2 Å². The fraction of sp³-hybridized carbons (Fsp3) is 0.280. The minimum absolute atomic E-state index is 0.305. The number of anilines is 1. The van der Waals surface area contributed by atoms with Gasteiger partial charge in [-0.25, -0.2) is 0 Å². The van der Waals surface area contributed by atoms with Crippen LogP contribution in [0.3, 0.4) is 0 Å². The molecule has 10 heteroatoms. The minimum atomic E-state index is -0.666. The maximum Gasteiger partial charge on any atom is 0.241 e. The maximum atomic E-state index is 12.7. The summed E-state index contributed by atoms with van der Waals surface area (Å²) < 4.78 is 27.1. The van der Waals surface area contributed by atoms with Crippen LogP contribution in [0.2, 0.25) is 0 Å². The quantitative estimate of drug-likeness (QED) is 0.345. The van der Waals surface area contributed by atoms with E-state index in [0.717, 1.165) is 5.56 Å². The Balaban J connectivity index is 1.97. The van der Waals surface area contributed by atoms with Crippen molar-refractivity contribution in [1.29, 1.82) is 0 Å². The molecule has 0 radical (unpaired) electrons. The average Bonchev–Trinajstić information content (AvgIpc) is 3.37. The number of hydrogen-bond acceptors (Lipinski definition) is 9. The predicted molar refractivity (Wildman–Crippen MR) is 137 cm³/mol. The van der Waals surface area contributed by atoms with E-state index < -0.39 is 6.04 Å². The molecule has 186 valence electrons. The molecule has 35 heavy (non-hydrogen) atoms. The highest BCUT2D eigenvalue weighted by molar-refractivity contribution is 8.02. The van der Waals surface area contributed by atoms with Crippen molar-refractivity contribution in [2.45, 2.75) is 12.5 Å². The highest BCUT2D eigenvalue weighted by Crippen LogP contribution is 2.43. The molecule has 2 aromatic carbocycles. The first kappa shape index (κ1) is 26.0. The summed E-state index contributed by atoms with van der Waals surface area (Å²) in [7, 11) is 6.17. The Morgan fingerprint density at radius 3 is 2.37 bits per heavy atom. The second kappa shape index (κ2) is 12.2. The van der Waals surface area contributed by atoms with Crippen LogP contribution in [-0.4, -0.2) is 51.3 Å². The van der Waals surface area contributed by atoms with Crippen LogP contribution in [0.4, 0.5) is 5.69 Å². The largest absolute Gasteiger partial charge is 0.495 e. The first-order valence-corrected chi connectivity index (χ1v) is 11.7. The molecule has 0 bridgehead atoms. The second-order valence-corrected chi connectivity index (χ2v) is 8.40. The Labute approximate surface area is 208 Å². The Bertz CT molecular complexity index is 1150. The van der Waals surface area contributed by atoms with Crippen LogP contribution >= 0.6 is 11.8 Å². The van der Waals surface area contributed by atoms with Crippen molar-refractivity contribution in [2.75, 3.05) is 39.5 Å². The average molecular weight is 500 g/mol. The number of nitrogens with zero attached hydrogens (tertiary/aromatic N) is 1. The van der Waals surface area contributed by atoms with Gasteiger partial charge >= 0.3 is 0 Å². The maximum absolute atomic E-state index is 12.7. The van der Waals surface area contributed by atoms with Gasteiger partial charge in [-0.2, -0.15) is 0 Å². The number of aromatic nitrogens is 1. The number of rotatable bonds is 12. The molecule has 3 rings (SSSR count). The zero-order valence-electron chi connectivity index (χ0n) is 20.1. The van der Waals surface area contributed by atoms with E-state index in [0.29, 0.717) is 57.7 Å². The number of ether oxygens (including phenoxy) is 4. The number of amides is 1.